The van der Waals surface area contributed by atoms with Crippen LogP contribution in [-0.2, 0) is 11.3 Å². The Kier molecular flexibility index (Phi) is 8.12. The number of nitrogens with zero attached hydrogens (tertiary/aromatic N) is 4. The van der Waals surface area contributed by atoms with Gasteiger partial charge in [0.05, 0.1) is 23.0 Å². The monoisotopic (exact) mass is 563 g/mol. The highest BCUT2D eigenvalue weighted by atomic mass is 35.5. The van der Waals surface area contributed by atoms with Crippen molar-refractivity contribution in [3.63, 3.8) is 0 Å². The van der Waals surface area contributed by atoms with Crippen LogP contribution in [-0.4, -0.2) is 31.6 Å². The summed E-state index contributed by atoms with van der Waals surface area (Å²) in [6.07, 6.45) is 2.92. The minimum absolute atomic E-state index is 0.0328. The van der Waals surface area contributed by atoms with Crippen LogP contribution in [0.4, 0.5) is 5.69 Å². The molecular formula is C30H34ClN5O4. The number of halogens is 1. The Morgan fingerprint density at radius 2 is 1.95 bits per heavy atom. The van der Waals surface area contributed by atoms with Crippen LogP contribution in [0.2, 0.25) is 5.02 Å². The van der Waals surface area contributed by atoms with E-state index in [1.807, 2.05) is 62.7 Å². The lowest BCUT2D eigenvalue weighted by Crippen LogP contribution is -2.30. The molecule has 10 heteroatoms. The summed E-state index contributed by atoms with van der Waals surface area (Å²) in [5.74, 6) is 0.919. The molecule has 1 amide bonds. The van der Waals surface area contributed by atoms with Crippen LogP contribution in [0.3, 0.4) is 0 Å². The van der Waals surface area contributed by atoms with Gasteiger partial charge in [-0.1, -0.05) is 36.2 Å². The smallest absolute Gasteiger partial charge is 0.295 e. The van der Waals surface area contributed by atoms with E-state index in [2.05, 4.69) is 15.5 Å². The Morgan fingerprint density at radius 3 is 2.67 bits per heavy atom. The number of hydrogen-bond donors (Lipinski definition) is 1. The zero-order valence-corrected chi connectivity index (χ0v) is 23.9. The molecule has 1 N–H and O–H groups in total. The lowest BCUT2D eigenvalue weighted by Gasteiger charge is -2.26. The normalized spacial score (nSPS) is 17.2. The third-order valence-corrected chi connectivity index (χ3v) is 7.55. The van der Waals surface area contributed by atoms with E-state index in [-0.39, 0.29) is 29.4 Å². The van der Waals surface area contributed by atoms with Crippen molar-refractivity contribution in [2.24, 2.45) is 5.92 Å². The van der Waals surface area contributed by atoms with Crippen molar-refractivity contribution >= 4 is 23.2 Å². The molecule has 0 aliphatic heterocycles. The van der Waals surface area contributed by atoms with E-state index in [0.717, 1.165) is 30.6 Å². The molecule has 2 aromatic carbocycles. The van der Waals surface area contributed by atoms with E-state index in [1.165, 1.54) is 0 Å². The molecule has 210 valence electrons. The molecular weight excluding hydrogens is 530 g/mol. The second kappa shape index (κ2) is 11.7. The summed E-state index contributed by atoms with van der Waals surface area (Å²) in [4.78, 5) is 26.8. The molecule has 1 aliphatic carbocycles. The highest BCUT2D eigenvalue weighted by Gasteiger charge is 2.33. The second-order valence-corrected chi connectivity index (χ2v) is 10.9. The number of aromatic nitrogens is 4. The number of carbonyl (C=O) groups excluding carboxylic acids is 1. The van der Waals surface area contributed by atoms with Crippen LogP contribution in [0.1, 0.15) is 64.0 Å². The molecule has 1 saturated carbocycles. The SMILES string of the molecule is CCn1c(C)c(NC(=O)[C@@H]2CCC[C@H](c3nnc(-c4cc(Cl)ccc4OC(C)C)o3)C2)c(=O)n1-c1ccccc1. The first kappa shape index (κ1) is 27.7. The van der Waals surface area contributed by atoms with Crippen LogP contribution >= 0.6 is 11.6 Å². The first-order chi connectivity index (χ1) is 19.3. The fourth-order valence-corrected chi connectivity index (χ4v) is 5.58. The molecule has 2 heterocycles. The summed E-state index contributed by atoms with van der Waals surface area (Å²) in [7, 11) is 0. The maximum Gasteiger partial charge on any atom is 0.295 e. The van der Waals surface area contributed by atoms with E-state index < -0.39 is 0 Å². The van der Waals surface area contributed by atoms with Crippen molar-refractivity contribution < 1.29 is 13.9 Å². The van der Waals surface area contributed by atoms with E-state index in [9.17, 15) is 9.59 Å². The predicted octanol–water partition coefficient (Wildman–Crippen LogP) is 6.37. The Labute approximate surface area is 238 Å². The number of nitrogens with one attached hydrogen (secondary N) is 1. The van der Waals surface area contributed by atoms with Gasteiger partial charge in [-0.05, 0) is 77.3 Å². The van der Waals surface area contributed by atoms with Crippen molar-refractivity contribution in [1.82, 2.24) is 19.6 Å². The predicted molar refractivity (Wildman–Crippen MR) is 154 cm³/mol. The number of hydrogen-bond acceptors (Lipinski definition) is 6. The zero-order chi connectivity index (χ0) is 28.4. The molecule has 5 rings (SSSR count). The van der Waals surface area contributed by atoms with Gasteiger partial charge in [-0.15, -0.1) is 10.2 Å². The third-order valence-electron chi connectivity index (χ3n) is 7.31. The molecule has 40 heavy (non-hydrogen) atoms. The maximum atomic E-state index is 13.4. The largest absolute Gasteiger partial charge is 0.490 e. The van der Waals surface area contributed by atoms with E-state index in [1.54, 1.807) is 22.9 Å². The number of benzene rings is 2. The average molecular weight is 564 g/mol. The van der Waals surface area contributed by atoms with Gasteiger partial charge in [-0.25, -0.2) is 4.68 Å². The lowest BCUT2D eigenvalue weighted by molar-refractivity contribution is -0.121. The van der Waals surface area contributed by atoms with Crippen molar-refractivity contribution in [3.8, 4) is 22.9 Å². The lowest BCUT2D eigenvalue weighted by atomic mass is 9.81. The fraction of sp³-hybridized carbons (Fsp3) is 0.400. The number of carbonyl (C=O) groups is 1. The van der Waals surface area contributed by atoms with Gasteiger partial charge in [0.25, 0.3) is 11.4 Å². The van der Waals surface area contributed by atoms with Crippen LogP contribution in [0.5, 0.6) is 5.75 Å². The highest BCUT2D eigenvalue weighted by Crippen LogP contribution is 2.39. The number of rotatable bonds is 8. The maximum absolute atomic E-state index is 13.4. The zero-order valence-electron chi connectivity index (χ0n) is 23.2. The van der Waals surface area contributed by atoms with Crippen molar-refractivity contribution in [2.45, 2.75) is 71.9 Å². The molecule has 2 aromatic heterocycles. The van der Waals surface area contributed by atoms with Crippen LogP contribution in [0.15, 0.2) is 57.7 Å². The molecule has 0 spiro atoms. The standard InChI is InChI=1S/C30H34ClN5O4/c1-5-35-19(4)26(30(38)36(35)23-12-7-6-8-13-23)32-27(37)20-10-9-11-21(16-20)28-33-34-29(40-28)24-17-22(31)14-15-25(24)39-18(2)3/h6-8,12-15,17-18,20-21H,5,9-11,16H2,1-4H3,(H,32,37)/t20-,21+/m1/s1. The van der Waals surface area contributed by atoms with E-state index in [0.29, 0.717) is 46.8 Å². The van der Waals surface area contributed by atoms with Gasteiger partial charge in [-0.2, -0.15) is 0 Å². The topological polar surface area (TPSA) is 104 Å². The van der Waals surface area contributed by atoms with Gasteiger partial charge in [0.2, 0.25) is 11.8 Å². The van der Waals surface area contributed by atoms with Crippen molar-refractivity contribution in [1.29, 1.82) is 0 Å². The van der Waals surface area contributed by atoms with Crippen molar-refractivity contribution in [3.05, 3.63) is 75.5 Å². The van der Waals surface area contributed by atoms with Crippen molar-refractivity contribution in [2.75, 3.05) is 5.32 Å². The number of para-hydroxylation sites is 1. The number of amides is 1. The van der Waals surface area contributed by atoms with Gasteiger partial charge < -0.3 is 14.5 Å². The minimum atomic E-state index is -0.283. The summed E-state index contributed by atoms with van der Waals surface area (Å²) in [5.41, 5.74) is 2.19. The summed E-state index contributed by atoms with van der Waals surface area (Å²) >= 11 is 6.24. The van der Waals surface area contributed by atoms with E-state index >= 15 is 0 Å². The van der Waals surface area contributed by atoms with Crippen LogP contribution in [0.25, 0.3) is 17.1 Å². The molecule has 1 aliphatic rings. The minimum Gasteiger partial charge on any atom is -0.490 e. The van der Waals surface area contributed by atoms with Gasteiger partial charge in [0.15, 0.2) is 0 Å². The highest BCUT2D eigenvalue weighted by molar-refractivity contribution is 6.30. The Morgan fingerprint density at radius 1 is 1.18 bits per heavy atom. The van der Waals surface area contributed by atoms with Gasteiger partial charge in [-0.3, -0.25) is 14.3 Å². The molecule has 0 unspecified atom stereocenters. The molecule has 0 bridgehead atoms. The molecule has 9 nitrogen and oxygen atoms in total. The Hall–Kier alpha value is -3.85. The molecule has 0 radical (unpaired) electrons. The molecule has 2 atom stereocenters. The third kappa shape index (κ3) is 5.56. The van der Waals surface area contributed by atoms with Gasteiger partial charge in [0.1, 0.15) is 11.4 Å². The average Bonchev–Trinajstić information content (AvgIpc) is 3.53. The van der Waals surface area contributed by atoms with Gasteiger partial charge in [0, 0.05) is 23.4 Å². The first-order valence-corrected chi connectivity index (χ1v) is 14.1. The quantitative estimate of drug-likeness (QED) is 0.267. The Balaban J connectivity index is 1.34. The fourth-order valence-electron chi connectivity index (χ4n) is 5.41. The van der Waals surface area contributed by atoms with Crippen LogP contribution < -0.4 is 15.6 Å². The summed E-state index contributed by atoms with van der Waals surface area (Å²) in [6.45, 7) is 8.31. The van der Waals surface area contributed by atoms with Gasteiger partial charge >= 0.3 is 0 Å². The van der Waals surface area contributed by atoms with Crippen LogP contribution in [0, 0.1) is 12.8 Å². The molecule has 4 aromatic rings. The second-order valence-electron chi connectivity index (χ2n) is 10.4. The molecule has 1 fully saturated rings. The van der Waals surface area contributed by atoms with E-state index in [4.69, 9.17) is 20.8 Å². The summed E-state index contributed by atoms with van der Waals surface area (Å²) in [6, 6.07) is 14.7. The number of anilines is 1. The Bertz CT molecular complexity index is 1560. The molecule has 0 saturated heterocycles. The first-order valence-electron chi connectivity index (χ1n) is 13.8. The summed E-state index contributed by atoms with van der Waals surface area (Å²) < 4.78 is 15.5. The number of ether oxygens (including phenoxy) is 1. The summed E-state index contributed by atoms with van der Waals surface area (Å²) in [5, 5.41) is 12.1.